The Kier molecular flexibility index (Phi) is 8.31. The number of fused-ring (bicyclic) bond motifs is 4. The molecule has 0 atom stereocenters. The molecule has 0 spiro atoms. The molecular weight excluding hydrogens is 781 g/mol. The largest absolute Gasteiger partial charge is 0.457 e. The third-order valence-corrected chi connectivity index (χ3v) is 12.3. The number of pyridine rings is 1. The number of aromatic nitrogens is 2. The van der Waals surface area contributed by atoms with Gasteiger partial charge in [0, 0.05) is 46.0 Å². The molecule has 5 heteroatoms. The number of hydrogen-bond acceptors (Lipinski definition) is 4. The van der Waals surface area contributed by atoms with Gasteiger partial charge in [0.25, 0.3) is 0 Å². The van der Waals surface area contributed by atoms with Crippen LogP contribution in [0.4, 0.5) is 22.7 Å². The Morgan fingerprint density at radius 2 is 1.22 bits per heavy atom. The van der Waals surface area contributed by atoms with Gasteiger partial charge in [0.1, 0.15) is 24.0 Å². The molecule has 0 bridgehead atoms. The van der Waals surface area contributed by atoms with E-state index in [1.165, 1.54) is 16.7 Å². The van der Waals surface area contributed by atoms with Crippen molar-refractivity contribution in [3.8, 4) is 50.7 Å². The number of hydrogen-bond donors (Lipinski definition) is 0. The summed E-state index contributed by atoms with van der Waals surface area (Å²) in [6.07, 6.45) is 1.61. The van der Waals surface area contributed by atoms with Crippen molar-refractivity contribution in [1.29, 1.82) is 0 Å². The van der Waals surface area contributed by atoms with E-state index in [2.05, 4.69) is 156 Å². The molecule has 8 aromatic carbocycles. The van der Waals surface area contributed by atoms with E-state index in [0.717, 1.165) is 61.2 Å². The topological polar surface area (TPSA) is 33.5 Å². The molecule has 5 nitrogen and oxygen atoms in total. The first-order valence-electron chi connectivity index (χ1n) is 24.1. The average Bonchev–Trinajstić information content (AvgIpc) is 3.92. The molecule has 0 radical (unpaired) electrons. The lowest BCUT2D eigenvalue weighted by Crippen LogP contribution is -2.24. The molecule has 1 aliphatic heterocycles. The van der Waals surface area contributed by atoms with Crippen molar-refractivity contribution in [3.05, 3.63) is 217 Å². The maximum Gasteiger partial charge on any atom is 0.137 e. The third kappa shape index (κ3) is 7.15. The molecule has 0 N–H and O–H groups in total. The molecule has 0 saturated heterocycles. The molecule has 0 saturated carbocycles. The Morgan fingerprint density at radius 1 is 0.531 bits per heavy atom. The highest BCUT2D eigenvalue weighted by Gasteiger charge is 2.29. The summed E-state index contributed by atoms with van der Waals surface area (Å²) in [6.45, 7) is 9.29. The van der Waals surface area contributed by atoms with Crippen LogP contribution >= 0.6 is 0 Å². The summed E-state index contributed by atoms with van der Waals surface area (Å²) in [5, 5.41) is 2.05. The molecule has 0 unspecified atom stereocenters. The summed E-state index contributed by atoms with van der Waals surface area (Å²) in [5.41, 5.74) is 13.3. The van der Waals surface area contributed by atoms with Crippen LogP contribution in [0.25, 0.3) is 61.0 Å². The molecule has 0 fully saturated rings. The minimum absolute atomic E-state index is 0.0514. The van der Waals surface area contributed by atoms with Crippen molar-refractivity contribution in [2.45, 2.75) is 33.1 Å². The van der Waals surface area contributed by atoms with Crippen molar-refractivity contribution in [2.24, 2.45) is 0 Å². The van der Waals surface area contributed by atoms with Crippen molar-refractivity contribution < 1.29 is 11.6 Å². The highest BCUT2D eigenvalue weighted by molar-refractivity contribution is 6.10. The van der Waals surface area contributed by atoms with Gasteiger partial charge in [0.2, 0.25) is 0 Å². The van der Waals surface area contributed by atoms with E-state index >= 15 is 0 Å². The standard InChI is InChI=1S/C59H48N4O/c1-40-31-58(60-38-53(40)43-21-12-7-13-22-43)63-54-30-27-44(41-17-8-5-9-18-41)34-52(54)51-29-28-50(37-57(51)63)64-49-24-16-23-47(36-49)61-39-62(56-26-15-14-25-55(56)61)48-33-45(42-19-10-6-11-20-42)32-46(35-48)59(2,3)4/h5-38H,39H2,1-4H3/i7D,12D,13D,21D,22D. The maximum absolute atomic E-state index is 8.66. The van der Waals surface area contributed by atoms with E-state index in [-0.39, 0.29) is 35.1 Å². The number of anilines is 4. The number of benzene rings is 8. The zero-order valence-corrected chi connectivity index (χ0v) is 36.1. The van der Waals surface area contributed by atoms with E-state index in [4.69, 9.17) is 16.6 Å². The second kappa shape index (κ2) is 15.8. The van der Waals surface area contributed by atoms with Gasteiger partial charge in [0.05, 0.1) is 29.3 Å². The van der Waals surface area contributed by atoms with E-state index in [1.54, 1.807) is 6.20 Å². The normalized spacial score (nSPS) is 13.7. The van der Waals surface area contributed by atoms with Crippen LogP contribution in [-0.2, 0) is 5.41 Å². The summed E-state index contributed by atoms with van der Waals surface area (Å²) >= 11 is 0. The number of ether oxygens (including phenoxy) is 1. The van der Waals surface area contributed by atoms with Crippen LogP contribution in [0.15, 0.2) is 206 Å². The van der Waals surface area contributed by atoms with Crippen LogP contribution in [0.5, 0.6) is 11.5 Å². The average molecular weight is 834 g/mol. The number of aryl methyl sites for hydroxylation is 1. The Balaban J connectivity index is 0.973. The molecule has 3 heterocycles. The van der Waals surface area contributed by atoms with E-state index in [1.807, 2.05) is 55.5 Å². The van der Waals surface area contributed by atoms with Crippen LogP contribution in [0.3, 0.4) is 0 Å². The second-order valence-corrected chi connectivity index (χ2v) is 17.4. The highest BCUT2D eigenvalue weighted by Crippen LogP contribution is 2.47. The van der Waals surface area contributed by atoms with Crippen molar-refractivity contribution >= 4 is 44.6 Å². The summed E-state index contributed by atoms with van der Waals surface area (Å²) < 4.78 is 50.9. The summed E-state index contributed by atoms with van der Waals surface area (Å²) in [7, 11) is 0. The molecule has 2 aromatic heterocycles. The smallest absolute Gasteiger partial charge is 0.137 e. The van der Waals surface area contributed by atoms with Crippen LogP contribution in [0.1, 0.15) is 38.8 Å². The maximum atomic E-state index is 8.66. The van der Waals surface area contributed by atoms with E-state index in [9.17, 15) is 0 Å². The summed E-state index contributed by atoms with van der Waals surface area (Å²) in [6, 6.07) is 57.4. The fraction of sp³-hybridized carbons (Fsp3) is 0.102. The predicted octanol–water partition coefficient (Wildman–Crippen LogP) is 15.8. The quantitative estimate of drug-likeness (QED) is 0.153. The molecule has 64 heavy (non-hydrogen) atoms. The van der Waals surface area contributed by atoms with Gasteiger partial charge < -0.3 is 14.5 Å². The summed E-state index contributed by atoms with van der Waals surface area (Å²) in [4.78, 5) is 9.66. The third-order valence-electron chi connectivity index (χ3n) is 12.3. The molecule has 0 amide bonds. The molecule has 1 aliphatic rings. The Bertz CT molecular complexity index is 3610. The zero-order valence-electron chi connectivity index (χ0n) is 41.1. The first-order valence-corrected chi connectivity index (χ1v) is 21.6. The Hall–Kier alpha value is -7.89. The minimum atomic E-state index is -0.426. The van der Waals surface area contributed by atoms with Crippen LogP contribution in [0, 0.1) is 6.92 Å². The monoisotopic (exact) mass is 833 g/mol. The Morgan fingerprint density at radius 3 is 1.94 bits per heavy atom. The van der Waals surface area contributed by atoms with Gasteiger partial charge in [-0.2, -0.15) is 0 Å². The number of nitrogens with zero attached hydrogens (tertiary/aromatic N) is 4. The first kappa shape index (κ1) is 33.7. The van der Waals surface area contributed by atoms with Crippen LogP contribution in [-0.4, -0.2) is 16.2 Å². The predicted molar refractivity (Wildman–Crippen MR) is 267 cm³/mol. The highest BCUT2D eigenvalue weighted by atomic mass is 16.5. The number of rotatable bonds is 8. The zero-order chi connectivity index (χ0) is 47.7. The van der Waals surface area contributed by atoms with Crippen LogP contribution < -0.4 is 14.5 Å². The fourth-order valence-corrected chi connectivity index (χ4v) is 8.94. The second-order valence-electron chi connectivity index (χ2n) is 17.4. The van der Waals surface area contributed by atoms with E-state index in [0.29, 0.717) is 29.5 Å². The van der Waals surface area contributed by atoms with Gasteiger partial charge in [-0.05, 0) is 118 Å². The molecule has 310 valence electrons. The van der Waals surface area contributed by atoms with Crippen molar-refractivity contribution in [3.63, 3.8) is 0 Å². The van der Waals surface area contributed by atoms with E-state index < -0.39 is 6.04 Å². The SMILES string of the molecule is [2H]c1c([2H])c([2H])c(-c2cnc(-n3c4ccc(-c5ccccc5)cc4c4ccc(Oc5cccc(N6CN(c7cc(-c8ccccc8)cc(C(C)(C)C)c7)c7ccccc76)c5)cc43)cc2C)c([2H])c1[2H]. The lowest BCUT2D eigenvalue weighted by molar-refractivity contribution is 0.483. The van der Waals surface area contributed by atoms with Gasteiger partial charge in [-0.1, -0.05) is 142 Å². The number of para-hydroxylation sites is 2. The fourth-order valence-electron chi connectivity index (χ4n) is 8.94. The lowest BCUT2D eigenvalue weighted by atomic mass is 9.85. The van der Waals surface area contributed by atoms with Crippen LogP contribution in [0.2, 0.25) is 0 Å². The first-order chi connectivity index (χ1) is 33.3. The molecular formula is C59H48N4O. The summed E-state index contributed by atoms with van der Waals surface area (Å²) in [5.74, 6) is 1.96. The lowest BCUT2D eigenvalue weighted by Gasteiger charge is -2.26. The molecule has 0 aliphatic carbocycles. The van der Waals surface area contributed by atoms with Gasteiger partial charge in [-0.25, -0.2) is 4.98 Å². The van der Waals surface area contributed by atoms with Gasteiger partial charge in [-0.3, -0.25) is 4.57 Å². The van der Waals surface area contributed by atoms with Crippen molar-refractivity contribution in [1.82, 2.24) is 9.55 Å². The molecule has 11 rings (SSSR count). The molecule has 10 aromatic rings. The van der Waals surface area contributed by atoms with Gasteiger partial charge in [-0.15, -0.1) is 0 Å². The Labute approximate surface area is 382 Å². The van der Waals surface area contributed by atoms with Gasteiger partial charge in [0.15, 0.2) is 0 Å². The van der Waals surface area contributed by atoms with Crippen molar-refractivity contribution in [2.75, 3.05) is 16.5 Å². The van der Waals surface area contributed by atoms with Gasteiger partial charge >= 0.3 is 0 Å². The minimum Gasteiger partial charge on any atom is -0.457 e.